The second-order valence-electron chi connectivity index (χ2n) is 3.83. The number of nitrogens with zero attached hydrogens (tertiary/aromatic N) is 1. The van der Waals surface area contributed by atoms with E-state index in [9.17, 15) is 4.39 Å². The number of hydrogen-bond acceptors (Lipinski definition) is 3. The third-order valence-corrected chi connectivity index (χ3v) is 2.72. The first-order valence-electron chi connectivity index (χ1n) is 5.42. The van der Waals surface area contributed by atoms with Crippen molar-refractivity contribution in [3.63, 3.8) is 0 Å². The maximum Gasteiger partial charge on any atom is 0.163 e. The van der Waals surface area contributed by atoms with Crippen LogP contribution in [-0.2, 0) is 0 Å². The Morgan fingerprint density at radius 3 is 2.41 bits per heavy atom. The number of halogens is 1. The number of ether oxygens (including phenoxy) is 2. The minimum Gasteiger partial charge on any atom is -0.493 e. The van der Waals surface area contributed by atoms with Crippen LogP contribution in [0.5, 0.6) is 11.5 Å². The Labute approximate surface area is 101 Å². The van der Waals surface area contributed by atoms with E-state index < -0.39 is 0 Å². The van der Waals surface area contributed by atoms with Crippen LogP contribution in [0.1, 0.15) is 31.2 Å². The van der Waals surface area contributed by atoms with Crippen molar-refractivity contribution < 1.29 is 13.9 Å². The summed E-state index contributed by atoms with van der Waals surface area (Å²) in [7, 11) is 2.98. The predicted octanol–water partition coefficient (Wildman–Crippen LogP) is 3.25. The SMILES string of the molecule is COc1cc(F)c(C(C)CCC#N)cc1OC. The molecule has 1 rings (SSSR count). The monoisotopic (exact) mass is 237 g/mol. The van der Waals surface area contributed by atoms with Gasteiger partial charge in [-0.15, -0.1) is 0 Å². The van der Waals surface area contributed by atoms with Crippen molar-refractivity contribution >= 4 is 0 Å². The molecule has 0 aliphatic rings. The molecule has 0 radical (unpaired) electrons. The standard InChI is InChI=1S/C13H16FNO2/c1-9(5-4-6-15)10-7-12(16-2)13(17-3)8-11(10)14/h7-9H,4-5H2,1-3H3. The van der Waals surface area contributed by atoms with Gasteiger partial charge in [-0.3, -0.25) is 0 Å². The summed E-state index contributed by atoms with van der Waals surface area (Å²) in [6.07, 6.45) is 1.04. The van der Waals surface area contributed by atoms with Gasteiger partial charge in [0.1, 0.15) is 5.82 Å². The lowest BCUT2D eigenvalue weighted by Gasteiger charge is -2.15. The van der Waals surface area contributed by atoms with E-state index in [1.807, 2.05) is 6.92 Å². The molecule has 92 valence electrons. The van der Waals surface area contributed by atoms with Crippen molar-refractivity contribution in [2.24, 2.45) is 0 Å². The molecule has 0 spiro atoms. The van der Waals surface area contributed by atoms with E-state index in [1.54, 1.807) is 6.07 Å². The Morgan fingerprint density at radius 1 is 1.29 bits per heavy atom. The third-order valence-electron chi connectivity index (χ3n) is 2.72. The highest BCUT2D eigenvalue weighted by atomic mass is 19.1. The summed E-state index contributed by atoms with van der Waals surface area (Å²) in [4.78, 5) is 0. The van der Waals surface area contributed by atoms with Crippen molar-refractivity contribution in [3.05, 3.63) is 23.5 Å². The average molecular weight is 237 g/mol. The molecule has 1 unspecified atom stereocenters. The van der Waals surface area contributed by atoms with E-state index in [1.165, 1.54) is 20.3 Å². The van der Waals surface area contributed by atoms with Gasteiger partial charge in [-0.2, -0.15) is 5.26 Å². The maximum atomic E-state index is 13.8. The second kappa shape index (κ2) is 6.09. The van der Waals surface area contributed by atoms with Crippen LogP contribution in [0.15, 0.2) is 12.1 Å². The minimum absolute atomic E-state index is 0.0190. The highest BCUT2D eigenvalue weighted by Crippen LogP contribution is 2.34. The normalized spacial score (nSPS) is 11.7. The summed E-state index contributed by atoms with van der Waals surface area (Å²) in [5.41, 5.74) is 0.554. The molecule has 0 bridgehead atoms. The zero-order valence-electron chi connectivity index (χ0n) is 10.3. The van der Waals surface area contributed by atoms with Crippen molar-refractivity contribution in [3.8, 4) is 17.6 Å². The van der Waals surface area contributed by atoms with Crippen LogP contribution in [0, 0.1) is 17.1 Å². The van der Waals surface area contributed by atoms with Crippen LogP contribution in [0.25, 0.3) is 0 Å². The molecule has 4 heteroatoms. The van der Waals surface area contributed by atoms with E-state index in [0.717, 1.165) is 0 Å². The van der Waals surface area contributed by atoms with Gasteiger partial charge in [-0.05, 0) is 24.0 Å². The molecule has 0 fully saturated rings. The van der Waals surface area contributed by atoms with Crippen LogP contribution in [0.4, 0.5) is 4.39 Å². The van der Waals surface area contributed by atoms with Gasteiger partial charge in [-0.1, -0.05) is 6.92 Å². The Kier molecular flexibility index (Phi) is 4.77. The first-order chi connectivity index (χ1) is 8.13. The molecular weight excluding hydrogens is 221 g/mol. The molecule has 0 aliphatic heterocycles. The van der Waals surface area contributed by atoms with Gasteiger partial charge < -0.3 is 9.47 Å². The van der Waals surface area contributed by atoms with E-state index in [4.69, 9.17) is 14.7 Å². The molecule has 0 aliphatic carbocycles. The first kappa shape index (κ1) is 13.3. The Bertz CT molecular complexity index is 426. The lowest BCUT2D eigenvalue weighted by atomic mass is 9.95. The third kappa shape index (κ3) is 3.10. The van der Waals surface area contributed by atoms with Crippen LogP contribution in [0.2, 0.25) is 0 Å². The number of benzene rings is 1. The summed E-state index contributed by atoms with van der Waals surface area (Å²) in [6, 6.07) is 5.01. The lowest BCUT2D eigenvalue weighted by molar-refractivity contribution is 0.351. The molecule has 3 nitrogen and oxygen atoms in total. The second-order valence-corrected chi connectivity index (χ2v) is 3.83. The van der Waals surface area contributed by atoms with Crippen molar-refractivity contribution in [1.29, 1.82) is 5.26 Å². The zero-order chi connectivity index (χ0) is 12.8. The molecule has 0 saturated carbocycles. The van der Waals surface area contributed by atoms with E-state index >= 15 is 0 Å². The number of rotatable bonds is 5. The highest BCUT2D eigenvalue weighted by molar-refractivity contribution is 5.44. The Hall–Kier alpha value is -1.76. The summed E-state index contributed by atoms with van der Waals surface area (Å²) in [5.74, 6) is 0.538. The van der Waals surface area contributed by atoms with E-state index in [-0.39, 0.29) is 11.7 Å². The molecule has 1 atom stereocenters. The molecule has 0 heterocycles. The summed E-state index contributed by atoms with van der Waals surface area (Å²) in [6.45, 7) is 1.89. The summed E-state index contributed by atoms with van der Waals surface area (Å²) >= 11 is 0. The summed E-state index contributed by atoms with van der Waals surface area (Å²) in [5, 5.41) is 8.53. The van der Waals surface area contributed by atoms with Gasteiger partial charge in [0.2, 0.25) is 0 Å². The highest BCUT2D eigenvalue weighted by Gasteiger charge is 2.15. The molecule has 0 saturated heterocycles. The maximum absolute atomic E-state index is 13.8. The largest absolute Gasteiger partial charge is 0.493 e. The number of hydrogen-bond donors (Lipinski definition) is 0. The van der Waals surface area contributed by atoms with Gasteiger partial charge in [0.15, 0.2) is 11.5 Å². The van der Waals surface area contributed by atoms with Gasteiger partial charge in [0, 0.05) is 12.5 Å². The topological polar surface area (TPSA) is 42.2 Å². The molecule has 17 heavy (non-hydrogen) atoms. The van der Waals surface area contributed by atoms with Crippen molar-refractivity contribution in [2.75, 3.05) is 14.2 Å². The fourth-order valence-corrected chi connectivity index (χ4v) is 1.68. The number of methoxy groups -OCH3 is 2. The average Bonchev–Trinajstić information content (AvgIpc) is 2.35. The molecular formula is C13H16FNO2. The fraction of sp³-hybridized carbons (Fsp3) is 0.462. The zero-order valence-corrected chi connectivity index (χ0v) is 10.3. The van der Waals surface area contributed by atoms with Crippen molar-refractivity contribution in [2.45, 2.75) is 25.7 Å². The Morgan fingerprint density at radius 2 is 1.88 bits per heavy atom. The summed E-state index contributed by atoms with van der Waals surface area (Å²) < 4.78 is 24.0. The predicted molar refractivity (Wildman–Crippen MR) is 62.8 cm³/mol. The molecule has 0 amide bonds. The molecule has 1 aromatic carbocycles. The smallest absolute Gasteiger partial charge is 0.163 e. The lowest BCUT2D eigenvalue weighted by Crippen LogP contribution is -2.00. The first-order valence-corrected chi connectivity index (χ1v) is 5.42. The molecule has 0 aromatic heterocycles. The van der Waals surface area contributed by atoms with Gasteiger partial charge in [0.05, 0.1) is 20.3 Å². The fourth-order valence-electron chi connectivity index (χ4n) is 1.68. The van der Waals surface area contributed by atoms with Crippen LogP contribution in [-0.4, -0.2) is 14.2 Å². The van der Waals surface area contributed by atoms with E-state index in [2.05, 4.69) is 6.07 Å². The molecule has 0 N–H and O–H groups in total. The Balaban J connectivity index is 3.04. The molecule has 1 aromatic rings. The van der Waals surface area contributed by atoms with Gasteiger partial charge >= 0.3 is 0 Å². The van der Waals surface area contributed by atoms with Crippen LogP contribution < -0.4 is 9.47 Å². The minimum atomic E-state index is -0.326. The van der Waals surface area contributed by atoms with Gasteiger partial charge in [-0.25, -0.2) is 4.39 Å². The number of nitriles is 1. The van der Waals surface area contributed by atoms with Crippen LogP contribution in [0.3, 0.4) is 0 Å². The van der Waals surface area contributed by atoms with Gasteiger partial charge in [0.25, 0.3) is 0 Å². The van der Waals surface area contributed by atoms with Crippen LogP contribution >= 0.6 is 0 Å². The van der Waals surface area contributed by atoms with E-state index in [0.29, 0.717) is 29.9 Å². The quantitative estimate of drug-likeness (QED) is 0.789. The van der Waals surface area contributed by atoms with Crippen molar-refractivity contribution in [1.82, 2.24) is 0 Å².